The van der Waals surface area contributed by atoms with Crippen LogP contribution in [0.1, 0.15) is 42.1 Å². The monoisotopic (exact) mass is 358 g/mol. The van der Waals surface area contributed by atoms with E-state index in [1.54, 1.807) is 17.8 Å². The van der Waals surface area contributed by atoms with Gasteiger partial charge in [-0.2, -0.15) is 0 Å². The van der Waals surface area contributed by atoms with Crippen molar-refractivity contribution in [1.29, 1.82) is 0 Å². The van der Waals surface area contributed by atoms with Gasteiger partial charge in [0.25, 0.3) is 0 Å². The first-order chi connectivity index (χ1) is 11.9. The topological polar surface area (TPSA) is 57.5 Å². The molecule has 2 aromatic rings. The minimum Gasteiger partial charge on any atom is -0.481 e. The molecule has 0 spiro atoms. The van der Waals surface area contributed by atoms with Gasteiger partial charge in [-0.05, 0) is 59.7 Å². The van der Waals surface area contributed by atoms with Crippen LogP contribution in [-0.4, -0.2) is 22.4 Å². The number of carboxylic acid groups (broad SMARTS) is 1. The van der Waals surface area contributed by atoms with Gasteiger partial charge in [0.15, 0.2) is 0 Å². The highest BCUT2D eigenvalue weighted by atomic mass is 32.2. The molecule has 2 unspecified atom stereocenters. The molecule has 1 aliphatic carbocycles. The molecule has 0 aliphatic heterocycles. The highest BCUT2D eigenvalue weighted by molar-refractivity contribution is 7.98. The maximum absolute atomic E-state index is 13.7. The van der Waals surface area contributed by atoms with Crippen LogP contribution >= 0.6 is 11.8 Å². The minimum atomic E-state index is -0.968. The number of benzene rings is 2. The van der Waals surface area contributed by atoms with E-state index in [4.69, 9.17) is 0 Å². The summed E-state index contributed by atoms with van der Waals surface area (Å²) in [4.78, 5) is 12.3. The highest BCUT2D eigenvalue weighted by Gasteiger charge is 2.35. The number of carboxylic acids is 1. The zero-order valence-corrected chi connectivity index (χ0v) is 14.8. The van der Waals surface area contributed by atoms with Crippen LogP contribution in [0, 0.1) is 5.82 Å². The second kappa shape index (κ2) is 7.02. The SMILES string of the molecule is CSc1ccc(C(O)C2C(C)=C(CC(=O)O)c3cc(F)ccc32)cc1. The Kier molecular flexibility index (Phi) is 4.97. The number of hydrogen-bond donors (Lipinski definition) is 2. The lowest BCUT2D eigenvalue weighted by Gasteiger charge is -2.22. The Bertz CT molecular complexity index is 843. The van der Waals surface area contributed by atoms with E-state index in [0.717, 1.165) is 21.6 Å². The number of thioether (sulfide) groups is 1. The predicted octanol–water partition coefficient (Wildman–Crippen LogP) is 4.63. The van der Waals surface area contributed by atoms with Gasteiger partial charge in [0.1, 0.15) is 5.82 Å². The molecule has 3 nitrogen and oxygen atoms in total. The fourth-order valence-electron chi connectivity index (χ4n) is 3.48. The molecule has 0 bridgehead atoms. The summed E-state index contributed by atoms with van der Waals surface area (Å²) in [6.07, 6.45) is 0.987. The molecule has 0 heterocycles. The fraction of sp³-hybridized carbons (Fsp3) is 0.250. The summed E-state index contributed by atoms with van der Waals surface area (Å²) in [5, 5.41) is 20.1. The van der Waals surface area contributed by atoms with Gasteiger partial charge in [-0.25, -0.2) is 4.39 Å². The lowest BCUT2D eigenvalue weighted by atomic mass is 9.87. The van der Waals surface area contributed by atoms with Crippen LogP contribution in [0.25, 0.3) is 5.57 Å². The largest absolute Gasteiger partial charge is 0.481 e. The number of carbonyl (C=O) groups is 1. The Balaban J connectivity index is 2.05. The normalized spacial score (nSPS) is 17.5. The third kappa shape index (κ3) is 3.34. The molecule has 0 saturated heterocycles. The van der Waals surface area contributed by atoms with Crippen LogP contribution in [-0.2, 0) is 4.79 Å². The van der Waals surface area contributed by atoms with E-state index in [2.05, 4.69) is 0 Å². The van der Waals surface area contributed by atoms with Gasteiger partial charge in [0, 0.05) is 10.8 Å². The van der Waals surface area contributed by atoms with Crippen molar-refractivity contribution in [3.05, 3.63) is 70.5 Å². The summed E-state index contributed by atoms with van der Waals surface area (Å²) in [5.41, 5.74) is 3.49. The van der Waals surface area contributed by atoms with Gasteiger partial charge in [-0.1, -0.05) is 23.8 Å². The minimum absolute atomic E-state index is 0.184. The molecule has 2 atom stereocenters. The Hall–Kier alpha value is -2.11. The van der Waals surface area contributed by atoms with Crippen molar-refractivity contribution in [2.45, 2.75) is 30.3 Å². The average Bonchev–Trinajstić information content (AvgIpc) is 2.85. The van der Waals surface area contributed by atoms with Crippen molar-refractivity contribution in [2.75, 3.05) is 6.26 Å². The highest BCUT2D eigenvalue weighted by Crippen LogP contribution is 2.49. The molecule has 0 aromatic heterocycles. The lowest BCUT2D eigenvalue weighted by molar-refractivity contribution is -0.135. The van der Waals surface area contributed by atoms with Gasteiger partial charge in [0.2, 0.25) is 0 Å². The third-order valence-corrected chi connectivity index (χ3v) is 5.46. The van der Waals surface area contributed by atoms with E-state index in [9.17, 15) is 19.4 Å². The molecule has 2 aromatic carbocycles. The summed E-state index contributed by atoms with van der Waals surface area (Å²) < 4.78 is 13.7. The Labute approximate surface area is 150 Å². The van der Waals surface area contributed by atoms with Gasteiger partial charge in [-0.3, -0.25) is 4.79 Å². The van der Waals surface area contributed by atoms with Crippen LogP contribution in [0.15, 0.2) is 52.9 Å². The average molecular weight is 358 g/mol. The number of aliphatic hydroxyl groups is 1. The molecule has 3 rings (SSSR count). The van der Waals surface area contributed by atoms with Gasteiger partial charge in [0.05, 0.1) is 12.5 Å². The molecule has 25 heavy (non-hydrogen) atoms. The van der Waals surface area contributed by atoms with E-state index in [-0.39, 0.29) is 12.3 Å². The summed E-state index contributed by atoms with van der Waals surface area (Å²) in [6, 6.07) is 12.0. The van der Waals surface area contributed by atoms with E-state index in [0.29, 0.717) is 11.1 Å². The number of aliphatic hydroxyl groups excluding tert-OH is 1. The first kappa shape index (κ1) is 17.7. The van der Waals surface area contributed by atoms with Crippen LogP contribution in [0.3, 0.4) is 0 Å². The second-order valence-electron chi connectivity index (χ2n) is 6.16. The number of aliphatic carboxylic acids is 1. The molecule has 0 saturated carbocycles. The van der Waals surface area contributed by atoms with E-state index >= 15 is 0 Å². The Morgan fingerprint density at radius 1 is 1.24 bits per heavy atom. The van der Waals surface area contributed by atoms with Crippen molar-refractivity contribution in [3.63, 3.8) is 0 Å². The third-order valence-electron chi connectivity index (χ3n) is 4.72. The summed E-state index contributed by atoms with van der Waals surface area (Å²) >= 11 is 1.62. The molecule has 0 amide bonds. The number of hydrogen-bond acceptors (Lipinski definition) is 3. The zero-order valence-electron chi connectivity index (χ0n) is 14.0. The first-order valence-electron chi connectivity index (χ1n) is 7.95. The molecule has 2 N–H and O–H groups in total. The molecule has 0 fully saturated rings. The van der Waals surface area contributed by atoms with E-state index < -0.39 is 17.9 Å². The molecular weight excluding hydrogens is 339 g/mol. The quantitative estimate of drug-likeness (QED) is 0.766. The second-order valence-corrected chi connectivity index (χ2v) is 7.04. The van der Waals surface area contributed by atoms with E-state index in [1.807, 2.05) is 37.4 Å². The number of halogens is 1. The van der Waals surface area contributed by atoms with Crippen LogP contribution in [0.2, 0.25) is 0 Å². The Morgan fingerprint density at radius 2 is 1.92 bits per heavy atom. The van der Waals surface area contributed by atoms with E-state index in [1.165, 1.54) is 12.1 Å². The molecule has 5 heteroatoms. The molecule has 0 radical (unpaired) electrons. The predicted molar refractivity (Wildman–Crippen MR) is 97.2 cm³/mol. The van der Waals surface area contributed by atoms with Crippen molar-refractivity contribution < 1.29 is 19.4 Å². The van der Waals surface area contributed by atoms with Crippen LogP contribution < -0.4 is 0 Å². The lowest BCUT2D eigenvalue weighted by Crippen LogP contribution is -2.10. The molecule has 1 aliphatic rings. The summed E-state index contributed by atoms with van der Waals surface area (Å²) in [7, 11) is 0. The molecular formula is C20H19FO3S. The first-order valence-corrected chi connectivity index (χ1v) is 9.18. The van der Waals surface area contributed by atoms with Crippen molar-refractivity contribution in [2.24, 2.45) is 0 Å². The maximum Gasteiger partial charge on any atom is 0.307 e. The standard InChI is InChI=1S/C20H19FO3S/c1-11-16(10-18(22)23)17-9-13(21)5-8-15(17)19(11)20(24)12-3-6-14(25-2)7-4-12/h3-9,19-20,24H,10H2,1-2H3,(H,22,23). The maximum atomic E-state index is 13.7. The summed E-state index contributed by atoms with van der Waals surface area (Å²) in [6.45, 7) is 1.82. The zero-order chi connectivity index (χ0) is 18.1. The van der Waals surface area contributed by atoms with Crippen LogP contribution in [0.4, 0.5) is 4.39 Å². The van der Waals surface area contributed by atoms with Crippen molar-refractivity contribution >= 4 is 23.3 Å². The van der Waals surface area contributed by atoms with Gasteiger partial charge >= 0.3 is 5.97 Å². The van der Waals surface area contributed by atoms with Crippen molar-refractivity contribution in [1.82, 2.24) is 0 Å². The van der Waals surface area contributed by atoms with Gasteiger partial charge in [-0.15, -0.1) is 11.8 Å². The van der Waals surface area contributed by atoms with Crippen LogP contribution in [0.5, 0.6) is 0 Å². The molecule has 130 valence electrons. The number of fused-ring (bicyclic) bond motifs is 1. The fourth-order valence-corrected chi connectivity index (χ4v) is 3.89. The summed E-state index contributed by atoms with van der Waals surface area (Å²) in [5.74, 6) is -1.75. The number of rotatable bonds is 5. The smallest absolute Gasteiger partial charge is 0.307 e. The Morgan fingerprint density at radius 3 is 2.52 bits per heavy atom. The van der Waals surface area contributed by atoms with Crippen molar-refractivity contribution in [3.8, 4) is 0 Å². The van der Waals surface area contributed by atoms with Gasteiger partial charge < -0.3 is 10.2 Å².